The van der Waals surface area contributed by atoms with Crippen molar-refractivity contribution < 1.29 is 14.3 Å². The molecule has 3 nitrogen and oxygen atoms in total. The maximum Gasteiger partial charge on any atom is 0.170 e. The van der Waals surface area contributed by atoms with E-state index in [1.165, 1.54) is 0 Å². The van der Waals surface area contributed by atoms with E-state index in [1.54, 1.807) is 12.1 Å². The quantitative estimate of drug-likeness (QED) is 0.818. The lowest BCUT2D eigenvalue weighted by atomic mass is 9.93. The average molecular weight is 268 g/mol. The number of benzene rings is 2. The number of rotatable bonds is 2. The topological polar surface area (TPSA) is 35.5 Å². The molecule has 0 saturated carbocycles. The van der Waals surface area contributed by atoms with Crippen LogP contribution in [0, 0.1) is 0 Å². The van der Waals surface area contributed by atoms with Crippen LogP contribution < -0.4 is 9.47 Å². The summed E-state index contributed by atoms with van der Waals surface area (Å²) in [7, 11) is 0. The lowest BCUT2D eigenvalue weighted by Crippen LogP contribution is -2.35. The fourth-order valence-corrected chi connectivity index (χ4v) is 2.32. The number of ether oxygens (including phenoxy) is 2. The molecule has 0 amide bonds. The molecule has 0 atom stereocenters. The van der Waals surface area contributed by atoms with Crippen molar-refractivity contribution in [2.45, 2.75) is 25.9 Å². The molecule has 0 bridgehead atoms. The minimum atomic E-state index is -0.439. The maximum atomic E-state index is 12.2. The summed E-state index contributed by atoms with van der Waals surface area (Å²) in [6.45, 7) is 3.84. The van der Waals surface area contributed by atoms with Crippen LogP contribution in [0.1, 0.15) is 30.6 Å². The van der Waals surface area contributed by atoms with Crippen LogP contribution in [0.3, 0.4) is 0 Å². The zero-order valence-corrected chi connectivity index (χ0v) is 11.6. The van der Waals surface area contributed by atoms with E-state index in [1.807, 2.05) is 50.2 Å². The van der Waals surface area contributed by atoms with Gasteiger partial charge in [0.05, 0.1) is 12.0 Å². The zero-order chi connectivity index (χ0) is 14.2. The van der Waals surface area contributed by atoms with Crippen LogP contribution in [0.2, 0.25) is 0 Å². The summed E-state index contributed by atoms with van der Waals surface area (Å²) in [4.78, 5) is 12.2. The lowest BCUT2D eigenvalue weighted by molar-refractivity contribution is 0.0619. The van der Waals surface area contributed by atoms with E-state index in [2.05, 4.69) is 0 Å². The van der Waals surface area contributed by atoms with Gasteiger partial charge in [-0.15, -0.1) is 0 Å². The molecule has 0 saturated heterocycles. The van der Waals surface area contributed by atoms with E-state index in [0.29, 0.717) is 23.5 Å². The van der Waals surface area contributed by atoms with Gasteiger partial charge < -0.3 is 9.47 Å². The number of ketones is 1. The minimum absolute atomic E-state index is 0.0924. The Morgan fingerprint density at radius 2 is 1.80 bits per heavy atom. The number of fused-ring (bicyclic) bond motifs is 1. The van der Waals surface area contributed by atoms with Crippen molar-refractivity contribution in [1.82, 2.24) is 0 Å². The molecule has 2 aromatic rings. The number of Topliss-reactive ketones (excluding diaryl/α,β-unsaturated/α-hetero) is 1. The zero-order valence-electron chi connectivity index (χ0n) is 11.6. The molecule has 0 N–H and O–H groups in total. The maximum absolute atomic E-state index is 12.2. The molecular formula is C17H16O3. The summed E-state index contributed by atoms with van der Waals surface area (Å²) in [5.41, 5.74) is 0.157. The van der Waals surface area contributed by atoms with Gasteiger partial charge in [-0.2, -0.15) is 0 Å². The third-order valence-electron chi connectivity index (χ3n) is 3.20. The number of hydrogen-bond donors (Lipinski definition) is 0. The van der Waals surface area contributed by atoms with Crippen molar-refractivity contribution in [1.29, 1.82) is 0 Å². The number of hydrogen-bond acceptors (Lipinski definition) is 3. The molecule has 0 spiro atoms. The van der Waals surface area contributed by atoms with E-state index in [4.69, 9.17) is 9.47 Å². The second-order valence-corrected chi connectivity index (χ2v) is 5.53. The molecule has 0 aliphatic carbocycles. The number of para-hydroxylation sites is 1. The van der Waals surface area contributed by atoms with E-state index in [-0.39, 0.29) is 5.78 Å². The second-order valence-electron chi connectivity index (χ2n) is 5.53. The summed E-state index contributed by atoms with van der Waals surface area (Å²) in [5.74, 6) is 2.12. The molecule has 1 aliphatic heterocycles. The summed E-state index contributed by atoms with van der Waals surface area (Å²) in [6.07, 6.45) is 0.384. The van der Waals surface area contributed by atoms with Crippen molar-refractivity contribution in [2.75, 3.05) is 0 Å². The van der Waals surface area contributed by atoms with Gasteiger partial charge in [-0.05, 0) is 44.2 Å². The fraction of sp³-hybridized carbons (Fsp3) is 0.235. The molecule has 0 fully saturated rings. The third-order valence-corrected chi connectivity index (χ3v) is 3.20. The Morgan fingerprint density at radius 1 is 1.05 bits per heavy atom. The molecule has 0 aromatic heterocycles. The summed E-state index contributed by atoms with van der Waals surface area (Å²) >= 11 is 0. The van der Waals surface area contributed by atoms with Crippen molar-refractivity contribution in [3.63, 3.8) is 0 Å². The van der Waals surface area contributed by atoms with Gasteiger partial charge in [0.25, 0.3) is 0 Å². The Morgan fingerprint density at radius 3 is 2.55 bits per heavy atom. The SMILES string of the molecule is CC1(C)CC(=O)c2cc(Oc3ccccc3)ccc2O1. The van der Waals surface area contributed by atoms with E-state index in [0.717, 1.165) is 5.75 Å². The van der Waals surface area contributed by atoms with E-state index in [9.17, 15) is 4.79 Å². The normalized spacial score (nSPS) is 16.2. The first-order valence-corrected chi connectivity index (χ1v) is 6.63. The Bertz CT molecular complexity index is 645. The smallest absolute Gasteiger partial charge is 0.170 e. The largest absolute Gasteiger partial charge is 0.487 e. The highest BCUT2D eigenvalue weighted by Gasteiger charge is 2.32. The first-order valence-electron chi connectivity index (χ1n) is 6.63. The van der Waals surface area contributed by atoms with Crippen LogP contribution in [0.5, 0.6) is 17.2 Å². The van der Waals surface area contributed by atoms with Crippen LogP contribution >= 0.6 is 0 Å². The van der Waals surface area contributed by atoms with E-state index < -0.39 is 5.60 Å². The van der Waals surface area contributed by atoms with Gasteiger partial charge in [0, 0.05) is 0 Å². The molecule has 0 unspecified atom stereocenters. The van der Waals surface area contributed by atoms with E-state index >= 15 is 0 Å². The highest BCUT2D eigenvalue weighted by molar-refractivity contribution is 6.00. The van der Waals surface area contributed by atoms with Crippen LogP contribution in [0.4, 0.5) is 0 Å². The van der Waals surface area contributed by atoms with Gasteiger partial charge in [-0.1, -0.05) is 18.2 Å². The molecule has 2 aromatic carbocycles. The first kappa shape index (κ1) is 12.7. The Balaban J connectivity index is 1.90. The summed E-state index contributed by atoms with van der Waals surface area (Å²) in [5, 5.41) is 0. The number of carbonyl (C=O) groups excluding carboxylic acids is 1. The minimum Gasteiger partial charge on any atom is -0.487 e. The third kappa shape index (κ3) is 2.52. The van der Waals surface area contributed by atoms with Gasteiger partial charge in [0.2, 0.25) is 0 Å². The number of carbonyl (C=O) groups is 1. The van der Waals surface area contributed by atoms with Crippen molar-refractivity contribution in [3.8, 4) is 17.2 Å². The lowest BCUT2D eigenvalue weighted by Gasteiger charge is -2.31. The Hall–Kier alpha value is -2.29. The monoisotopic (exact) mass is 268 g/mol. The average Bonchev–Trinajstić information content (AvgIpc) is 2.40. The summed E-state index contributed by atoms with van der Waals surface area (Å²) in [6, 6.07) is 14.9. The van der Waals surface area contributed by atoms with Crippen molar-refractivity contribution in [2.24, 2.45) is 0 Å². The van der Waals surface area contributed by atoms with Crippen molar-refractivity contribution >= 4 is 5.78 Å². The molecular weight excluding hydrogens is 252 g/mol. The predicted molar refractivity (Wildman–Crippen MR) is 76.6 cm³/mol. The molecule has 3 rings (SSSR count). The molecule has 102 valence electrons. The molecule has 20 heavy (non-hydrogen) atoms. The second kappa shape index (κ2) is 4.67. The van der Waals surface area contributed by atoms with Gasteiger partial charge in [0.15, 0.2) is 5.78 Å². The van der Waals surface area contributed by atoms with Gasteiger partial charge in [-0.25, -0.2) is 0 Å². The Labute approximate surface area is 118 Å². The van der Waals surface area contributed by atoms with Gasteiger partial charge >= 0.3 is 0 Å². The molecule has 0 radical (unpaired) electrons. The van der Waals surface area contributed by atoms with Crippen LogP contribution in [0.15, 0.2) is 48.5 Å². The highest BCUT2D eigenvalue weighted by Crippen LogP contribution is 2.36. The molecule has 1 heterocycles. The Kier molecular flexibility index (Phi) is 2.97. The van der Waals surface area contributed by atoms with Crippen LogP contribution in [-0.2, 0) is 0 Å². The first-order chi connectivity index (χ1) is 9.53. The predicted octanol–water partition coefficient (Wildman–Crippen LogP) is 4.22. The fourth-order valence-electron chi connectivity index (χ4n) is 2.32. The van der Waals surface area contributed by atoms with Crippen LogP contribution in [-0.4, -0.2) is 11.4 Å². The highest BCUT2D eigenvalue weighted by atomic mass is 16.5. The van der Waals surface area contributed by atoms with Crippen LogP contribution in [0.25, 0.3) is 0 Å². The summed E-state index contributed by atoms with van der Waals surface area (Å²) < 4.78 is 11.6. The van der Waals surface area contributed by atoms with Gasteiger partial charge in [0.1, 0.15) is 22.8 Å². The van der Waals surface area contributed by atoms with Crippen molar-refractivity contribution in [3.05, 3.63) is 54.1 Å². The molecule has 1 aliphatic rings. The standard InChI is InChI=1S/C17H16O3/c1-17(2)11-15(18)14-10-13(8-9-16(14)20-17)19-12-6-4-3-5-7-12/h3-10H,11H2,1-2H3. The van der Waals surface area contributed by atoms with Gasteiger partial charge in [-0.3, -0.25) is 4.79 Å². The molecule has 3 heteroatoms.